The van der Waals surface area contributed by atoms with E-state index in [1.807, 2.05) is 4.72 Å². The summed E-state index contributed by atoms with van der Waals surface area (Å²) in [7, 11) is -3.21. The van der Waals surface area contributed by atoms with Gasteiger partial charge in [0.1, 0.15) is 23.1 Å². The molecular weight excluding hydrogens is 1250 g/mol. The number of hydrogen-bond donors (Lipinski definition) is 10. The number of primary amides is 1. The standard InChI is InChI=1S/C66H80FN7O19S/c1-92-50-23-25-52(26-24-50)94(90,91)74-56(38-61(83)84)58(78)37-44(22-28-60(81)82)64(87)72-40-49(76)34-45(31-41-13-12-15-47(67)32-41)65(88)73-55(35-46-39-71-54-20-8-7-19-53(46)54)57(77)36-43(21-27-59(79)80)63(86)69-29-10-3-4-16-48(75)33-42(62(68)85)14-9-11-30-70-66(89)93-51-17-5-2-6-18-51/h2,5-8,12-13,15,17-20,23-26,32,39,42-45,55-56,71,74H,3-4,9-11,14,16,21-22,27-31,33-38,40H2,1H3,(H2,68,85)(H,69,86)(H,70,89)(H,72,87)(H,73,88)(H,79,80)(H,81,82)(H,83,84)/t42-,43-,44-,45-,55+,56-/m1/s1. The molecule has 5 amide bonds. The second kappa shape index (κ2) is 38.3. The van der Waals surface area contributed by atoms with E-state index >= 15 is 0 Å². The van der Waals surface area contributed by atoms with Crippen LogP contribution in [0.3, 0.4) is 0 Å². The molecule has 0 aliphatic carbocycles. The summed E-state index contributed by atoms with van der Waals surface area (Å²) >= 11 is 0. The van der Waals surface area contributed by atoms with Gasteiger partial charge in [0.05, 0.1) is 37.1 Å². The number of methoxy groups -OCH3 is 1. The first kappa shape index (κ1) is 75.0. The predicted octanol–water partition coefficient (Wildman–Crippen LogP) is 5.68. The number of ketones is 4. The lowest BCUT2D eigenvalue weighted by Crippen LogP contribution is -2.47. The molecule has 0 fully saturated rings. The minimum Gasteiger partial charge on any atom is -0.497 e. The minimum atomic E-state index is -4.55. The van der Waals surface area contributed by atoms with E-state index in [-0.39, 0.29) is 61.4 Å². The van der Waals surface area contributed by atoms with Crippen molar-refractivity contribution in [3.8, 4) is 11.5 Å². The van der Waals surface area contributed by atoms with E-state index in [0.717, 1.165) is 24.3 Å². The summed E-state index contributed by atoms with van der Waals surface area (Å²) in [6, 6.07) is 22.2. The van der Waals surface area contributed by atoms with Crippen molar-refractivity contribution in [2.45, 2.75) is 133 Å². The first-order valence-electron chi connectivity index (χ1n) is 30.7. The molecule has 0 saturated carbocycles. The van der Waals surface area contributed by atoms with Gasteiger partial charge in [-0.05, 0) is 111 Å². The number of nitrogens with two attached hydrogens (primary N) is 1. The van der Waals surface area contributed by atoms with Crippen LogP contribution in [-0.2, 0) is 75.6 Å². The Morgan fingerprint density at radius 1 is 0.564 bits per heavy atom. The van der Waals surface area contributed by atoms with Crippen LogP contribution < -0.4 is 41.2 Å². The number of H-pyrrole nitrogens is 1. The van der Waals surface area contributed by atoms with Crippen LogP contribution in [-0.4, -0.2) is 138 Å². The van der Waals surface area contributed by atoms with Crippen molar-refractivity contribution in [1.82, 2.24) is 31.0 Å². The van der Waals surface area contributed by atoms with Crippen molar-refractivity contribution in [3.63, 3.8) is 0 Å². The van der Waals surface area contributed by atoms with Crippen molar-refractivity contribution >= 4 is 91.7 Å². The lowest BCUT2D eigenvalue weighted by atomic mass is 9.89. The number of carbonyl (C=O) groups excluding carboxylic acids is 9. The summed E-state index contributed by atoms with van der Waals surface area (Å²) in [5.41, 5.74) is 7.08. The van der Waals surface area contributed by atoms with Crippen LogP contribution in [0.4, 0.5) is 9.18 Å². The van der Waals surface area contributed by atoms with E-state index in [2.05, 4.69) is 26.3 Å². The average Bonchev–Trinajstić information content (AvgIpc) is 1.49. The monoisotopic (exact) mass is 1330 g/mol. The van der Waals surface area contributed by atoms with E-state index in [1.165, 1.54) is 31.4 Å². The number of Topliss-reactive ketones (excluding diaryl/α,β-unsaturated/α-hetero) is 4. The first-order valence-corrected chi connectivity index (χ1v) is 32.1. The third-order valence-corrected chi connectivity index (χ3v) is 17.0. The fourth-order valence-corrected chi connectivity index (χ4v) is 11.6. The Hall–Kier alpha value is -9.70. The number of rotatable bonds is 45. The van der Waals surface area contributed by atoms with E-state index in [0.29, 0.717) is 66.5 Å². The zero-order valence-corrected chi connectivity index (χ0v) is 52.8. The summed E-state index contributed by atoms with van der Waals surface area (Å²) in [5.74, 6) is -15.1. The fraction of sp³-hybridized carbons (Fsp3) is 0.424. The Balaban J connectivity index is 1.24. The number of aliphatic carboxylic acids is 3. The molecule has 1 heterocycles. The molecule has 506 valence electrons. The number of para-hydroxylation sites is 2. The largest absolute Gasteiger partial charge is 0.497 e. The molecule has 11 N–H and O–H groups in total. The Labute approximate surface area is 542 Å². The average molecular weight is 1330 g/mol. The van der Waals surface area contributed by atoms with Crippen molar-refractivity contribution < 1.29 is 95.1 Å². The molecule has 6 atom stereocenters. The van der Waals surface area contributed by atoms with Crippen LogP contribution >= 0.6 is 0 Å². The molecular formula is C66H80FN7O19S. The van der Waals surface area contributed by atoms with Gasteiger partial charge in [0.2, 0.25) is 33.7 Å². The highest BCUT2D eigenvalue weighted by molar-refractivity contribution is 7.89. The SMILES string of the molecule is COc1ccc(S(=O)(=O)N[C@H](CC(=O)O)C(=O)C[C@@H](CCC(=O)O)C(=O)NCC(=O)C[C@@H](Cc2cccc(F)c2)C(=O)N[C@@H](Cc2c[nH]c3ccccc23)C(=O)C[C@@H](CCC(=O)O)C(=O)NCCCCCC(=O)C[C@@H](CCCCNC(=O)Oc2ccccc2)C(N)=O)cc1. The lowest BCUT2D eigenvalue weighted by molar-refractivity contribution is -0.140. The molecule has 4 aromatic carbocycles. The van der Waals surface area contributed by atoms with Crippen LogP contribution in [0.5, 0.6) is 11.5 Å². The quantitative estimate of drug-likeness (QED) is 0.0210. The van der Waals surface area contributed by atoms with Crippen molar-refractivity contribution in [2.24, 2.45) is 29.4 Å². The molecule has 5 aromatic rings. The number of aromatic amines is 1. The van der Waals surface area contributed by atoms with Crippen molar-refractivity contribution in [3.05, 3.63) is 126 Å². The molecule has 0 unspecified atom stereocenters. The van der Waals surface area contributed by atoms with E-state index in [1.54, 1.807) is 60.8 Å². The van der Waals surface area contributed by atoms with Gasteiger partial charge in [-0.15, -0.1) is 0 Å². The third-order valence-electron chi connectivity index (χ3n) is 15.5. The van der Waals surface area contributed by atoms with Crippen molar-refractivity contribution in [2.75, 3.05) is 26.7 Å². The molecule has 1 aromatic heterocycles. The van der Waals surface area contributed by atoms with Gasteiger partial charge in [0, 0.05) is 105 Å². The maximum atomic E-state index is 14.7. The molecule has 0 spiro atoms. The lowest BCUT2D eigenvalue weighted by Gasteiger charge is -2.24. The number of halogens is 1. The zero-order chi connectivity index (χ0) is 68.7. The maximum absolute atomic E-state index is 14.7. The fourth-order valence-electron chi connectivity index (χ4n) is 10.4. The summed E-state index contributed by atoms with van der Waals surface area (Å²) < 4.78 is 53.5. The zero-order valence-electron chi connectivity index (χ0n) is 51.9. The van der Waals surface area contributed by atoms with Gasteiger partial charge in [-0.3, -0.25) is 52.7 Å². The summed E-state index contributed by atoms with van der Waals surface area (Å²) in [6.45, 7) is -0.462. The predicted molar refractivity (Wildman–Crippen MR) is 338 cm³/mol. The van der Waals surface area contributed by atoms with Crippen LogP contribution in [0.25, 0.3) is 10.9 Å². The van der Waals surface area contributed by atoms with Crippen LogP contribution in [0, 0.1) is 29.5 Å². The Bertz CT molecular complexity index is 3570. The minimum absolute atomic E-state index is 0.0682. The highest BCUT2D eigenvalue weighted by Crippen LogP contribution is 2.25. The highest BCUT2D eigenvalue weighted by Gasteiger charge is 2.35. The van der Waals surface area contributed by atoms with Gasteiger partial charge in [-0.25, -0.2) is 22.3 Å². The number of carbonyl (C=O) groups is 12. The molecule has 0 radical (unpaired) electrons. The Kier molecular flexibility index (Phi) is 30.6. The summed E-state index contributed by atoms with van der Waals surface area (Å²) in [5, 5.41) is 39.9. The van der Waals surface area contributed by atoms with Crippen molar-refractivity contribution in [1.29, 1.82) is 0 Å². The molecule has 0 aliphatic rings. The molecule has 28 heteroatoms. The molecule has 0 bridgehead atoms. The van der Waals surface area contributed by atoms with E-state index < -0.39 is 168 Å². The molecule has 5 rings (SSSR count). The molecule has 94 heavy (non-hydrogen) atoms. The number of unbranched alkanes of at least 4 members (excludes halogenated alkanes) is 3. The van der Waals surface area contributed by atoms with E-state index in [4.69, 9.17) is 15.2 Å². The summed E-state index contributed by atoms with van der Waals surface area (Å²) in [6.07, 6.45) is -1.99. The number of carboxylic acids is 3. The van der Waals surface area contributed by atoms with Crippen LogP contribution in [0.15, 0.2) is 114 Å². The smallest absolute Gasteiger partial charge is 0.412 e. The number of amides is 5. The number of ether oxygens (including phenoxy) is 2. The Morgan fingerprint density at radius 3 is 1.82 bits per heavy atom. The number of sulfonamides is 1. The van der Waals surface area contributed by atoms with Gasteiger partial charge in [-0.1, -0.05) is 61.4 Å². The number of nitrogens with one attached hydrogen (secondary N) is 6. The number of carboxylic acid groups (broad SMARTS) is 3. The number of benzene rings is 4. The second-order valence-corrected chi connectivity index (χ2v) is 24.4. The second-order valence-electron chi connectivity index (χ2n) is 22.7. The molecule has 26 nitrogen and oxygen atoms in total. The highest BCUT2D eigenvalue weighted by atomic mass is 32.2. The number of fused-ring (bicyclic) bond motifs is 1. The number of hydrogen-bond acceptors (Lipinski definition) is 16. The first-order chi connectivity index (χ1) is 44.8. The van der Waals surface area contributed by atoms with Gasteiger partial charge in [-0.2, -0.15) is 0 Å². The van der Waals surface area contributed by atoms with Crippen LogP contribution in [0.1, 0.15) is 114 Å². The van der Waals surface area contributed by atoms with Gasteiger partial charge in [0.15, 0.2) is 17.3 Å². The van der Waals surface area contributed by atoms with Gasteiger partial charge >= 0.3 is 24.0 Å². The Morgan fingerprint density at radius 2 is 1.18 bits per heavy atom. The van der Waals surface area contributed by atoms with Crippen LogP contribution in [0.2, 0.25) is 0 Å². The topological polar surface area (TPSA) is 420 Å². The van der Waals surface area contributed by atoms with E-state index in [9.17, 15) is 85.7 Å². The van der Waals surface area contributed by atoms with Gasteiger partial charge < -0.3 is 56.8 Å². The normalized spacial score (nSPS) is 13.2. The van der Waals surface area contributed by atoms with Gasteiger partial charge in [0.25, 0.3) is 0 Å². The molecule has 0 saturated heterocycles. The maximum Gasteiger partial charge on any atom is 0.412 e. The molecule has 0 aliphatic heterocycles. The summed E-state index contributed by atoms with van der Waals surface area (Å²) in [4.78, 5) is 160. The number of aromatic nitrogens is 1. The third kappa shape index (κ3) is 26.5.